The smallest absolute Gasteiger partial charge is 0.0206 e. The molecule has 4 atom stereocenters. The normalized spacial score (nSPS) is 36.3. The first kappa shape index (κ1) is 16.7. The van der Waals surface area contributed by atoms with E-state index in [4.69, 9.17) is 0 Å². The third-order valence-corrected chi connectivity index (χ3v) is 5.89. The molecule has 0 aromatic heterocycles. The standard InChI is InChI=1S/C7H15NS.C5H8S.C2H7N/c1-8(2)6-4-3-5-7(6)9;1-2-4-5(3-1)6-4;1-3-2/h6-7,9H,3-5H2,1-2H3;4-5H,1-3H2;3H,1-2H3/t6-,7+;;/m0../s1. The lowest BCUT2D eigenvalue weighted by atomic mass is 10.2. The second-order valence-electron chi connectivity index (χ2n) is 5.67. The zero-order valence-corrected chi connectivity index (χ0v) is 14.1. The highest BCUT2D eigenvalue weighted by Crippen LogP contribution is 2.52. The van der Waals surface area contributed by atoms with Gasteiger partial charge in [-0.05, 0) is 53.9 Å². The zero-order valence-electron chi connectivity index (χ0n) is 12.4. The van der Waals surface area contributed by atoms with Gasteiger partial charge in [0, 0.05) is 21.8 Å². The number of rotatable bonds is 1. The SMILES string of the molecule is C1CC2SC2C1.CN(C)[C@H]1CCC[C@H]1S.CNC. The summed E-state index contributed by atoms with van der Waals surface area (Å²) in [6.45, 7) is 0. The molecular formula is C14H30N2S2. The molecule has 0 aromatic rings. The number of thiol groups is 1. The summed E-state index contributed by atoms with van der Waals surface area (Å²) in [4.78, 5) is 2.28. The van der Waals surface area contributed by atoms with Gasteiger partial charge >= 0.3 is 0 Å². The van der Waals surface area contributed by atoms with Crippen LogP contribution in [0.5, 0.6) is 0 Å². The summed E-state index contributed by atoms with van der Waals surface area (Å²) < 4.78 is 0. The molecule has 0 spiro atoms. The van der Waals surface area contributed by atoms with Crippen LogP contribution in [0.4, 0.5) is 0 Å². The van der Waals surface area contributed by atoms with Crippen LogP contribution in [-0.2, 0) is 0 Å². The van der Waals surface area contributed by atoms with Crippen LogP contribution in [0.2, 0.25) is 0 Å². The fraction of sp³-hybridized carbons (Fsp3) is 1.00. The maximum Gasteiger partial charge on any atom is 0.0206 e. The molecule has 2 unspecified atom stereocenters. The van der Waals surface area contributed by atoms with Gasteiger partial charge in [-0.3, -0.25) is 0 Å². The van der Waals surface area contributed by atoms with E-state index < -0.39 is 0 Å². The molecule has 3 aliphatic rings. The van der Waals surface area contributed by atoms with Gasteiger partial charge in [-0.2, -0.15) is 24.4 Å². The molecule has 3 fully saturated rings. The fourth-order valence-corrected chi connectivity index (χ4v) is 4.56. The number of nitrogens with one attached hydrogen (secondary N) is 1. The van der Waals surface area contributed by atoms with Crippen molar-refractivity contribution in [1.82, 2.24) is 10.2 Å². The van der Waals surface area contributed by atoms with Gasteiger partial charge in [0.2, 0.25) is 0 Å². The van der Waals surface area contributed by atoms with E-state index >= 15 is 0 Å². The molecule has 1 aliphatic heterocycles. The summed E-state index contributed by atoms with van der Waals surface area (Å²) in [5.74, 6) is 0. The molecule has 1 heterocycles. The summed E-state index contributed by atoms with van der Waals surface area (Å²) >= 11 is 6.66. The Balaban J connectivity index is 0.000000154. The van der Waals surface area contributed by atoms with Crippen LogP contribution in [0, 0.1) is 0 Å². The van der Waals surface area contributed by atoms with E-state index in [0.717, 1.165) is 16.5 Å². The molecule has 2 aliphatic carbocycles. The Morgan fingerprint density at radius 1 is 1.00 bits per heavy atom. The van der Waals surface area contributed by atoms with E-state index in [0.29, 0.717) is 5.25 Å². The molecule has 18 heavy (non-hydrogen) atoms. The van der Waals surface area contributed by atoms with Crippen LogP contribution in [0.25, 0.3) is 0 Å². The first-order valence-electron chi connectivity index (χ1n) is 7.18. The van der Waals surface area contributed by atoms with E-state index in [1.165, 1.54) is 38.5 Å². The van der Waals surface area contributed by atoms with Crippen molar-refractivity contribution in [3.05, 3.63) is 0 Å². The van der Waals surface area contributed by atoms with E-state index in [2.05, 4.69) is 48.7 Å². The highest BCUT2D eigenvalue weighted by atomic mass is 32.2. The van der Waals surface area contributed by atoms with E-state index in [1.54, 1.807) is 0 Å². The predicted molar refractivity (Wildman–Crippen MR) is 88.1 cm³/mol. The first-order chi connectivity index (χ1) is 8.60. The van der Waals surface area contributed by atoms with Crippen LogP contribution >= 0.6 is 24.4 Å². The van der Waals surface area contributed by atoms with Gasteiger partial charge in [0.05, 0.1) is 0 Å². The number of hydrogen-bond acceptors (Lipinski definition) is 4. The third kappa shape index (κ3) is 5.72. The minimum Gasteiger partial charge on any atom is -0.323 e. The van der Waals surface area contributed by atoms with Crippen LogP contribution < -0.4 is 5.32 Å². The number of thioether (sulfide) groups is 1. The maximum atomic E-state index is 4.49. The van der Waals surface area contributed by atoms with Gasteiger partial charge in [0.15, 0.2) is 0 Å². The van der Waals surface area contributed by atoms with Crippen LogP contribution in [0.1, 0.15) is 38.5 Å². The van der Waals surface area contributed by atoms with E-state index in [1.807, 2.05) is 14.1 Å². The largest absolute Gasteiger partial charge is 0.323 e. The average Bonchev–Trinajstić information content (AvgIpc) is 2.75. The first-order valence-corrected chi connectivity index (χ1v) is 8.64. The molecule has 0 amide bonds. The van der Waals surface area contributed by atoms with Crippen molar-refractivity contribution in [2.45, 2.75) is 60.3 Å². The molecule has 108 valence electrons. The van der Waals surface area contributed by atoms with E-state index in [9.17, 15) is 0 Å². The van der Waals surface area contributed by atoms with Crippen LogP contribution in [0.3, 0.4) is 0 Å². The number of hydrogen-bond donors (Lipinski definition) is 2. The molecule has 2 nitrogen and oxygen atoms in total. The zero-order chi connectivity index (χ0) is 13.5. The van der Waals surface area contributed by atoms with Gasteiger partial charge in [0.25, 0.3) is 0 Å². The monoisotopic (exact) mass is 290 g/mol. The lowest BCUT2D eigenvalue weighted by molar-refractivity contribution is 0.305. The van der Waals surface area contributed by atoms with Crippen molar-refractivity contribution in [1.29, 1.82) is 0 Å². The molecule has 0 radical (unpaired) electrons. The number of nitrogens with zero attached hydrogens (tertiary/aromatic N) is 1. The van der Waals surface area contributed by atoms with Gasteiger partial charge in [-0.15, -0.1) is 0 Å². The second kappa shape index (κ2) is 8.72. The Morgan fingerprint density at radius 2 is 1.50 bits per heavy atom. The lowest BCUT2D eigenvalue weighted by Gasteiger charge is -2.22. The summed E-state index contributed by atoms with van der Waals surface area (Å²) in [5.41, 5.74) is 0. The topological polar surface area (TPSA) is 15.3 Å². The van der Waals surface area contributed by atoms with Gasteiger partial charge in [-0.1, -0.05) is 12.8 Å². The predicted octanol–water partition coefficient (Wildman–Crippen LogP) is 2.89. The maximum absolute atomic E-state index is 4.49. The average molecular weight is 291 g/mol. The molecule has 3 rings (SSSR count). The summed E-state index contributed by atoms with van der Waals surface area (Å²) in [5, 5.41) is 5.63. The molecule has 1 N–H and O–H groups in total. The lowest BCUT2D eigenvalue weighted by Crippen LogP contribution is -2.31. The third-order valence-electron chi connectivity index (χ3n) is 3.77. The Bertz CT molecular complexity index is 216. The van der Waals surface area contributed by atoms with Crippen molar-refractivity contribution in [2.24, 2.45) is 0 Å². The van der Waals surface area contributed by atoms with Crippen molar-refractivity contribution < 1.29 is 0 Å². The minimum absolute atomic E-state index is 0.625. The molecule has 4 heteroatoms. The van der Waals surface area contributed by atoms with Gasteiger partial charge in [0.1, 0.15) is 0 Å². The molecular weight excluding hydrogens is 260 g/mol. The number of fused-ring (bicyclic) bond motifs is 1. The van der Waals surface area contributed by atoms with Crippen molar-refractivity contribution in [2.75, 3.05) is 28.2 Å². The molecule has 1 saturated heterocycles. The van der Waals surface area contributed by atoms with Crippen LogP contribution in [0.15, 0.2) is 0 Å². The Labute approximate surface area is 123 Å². The Morgan fingerprint density at radius 3 is 1.67 bits per heavy atom. The highest BCUT2D eigenvalue weighted by Gasteiger charge is 2.41. The Hall–Kier alpha value is 0.620. The highest BCUT2D eigenvalue weighted by molar-refractivity contribution is 8.07. The van der Waals surface area contributed by atoms with Crippen LogP contribution in [-0.4, -0.2) is 54.9 Å². The molecule has 2 saturated carbocycles. The Kier molecular flexibility index (Phi) is 8.08. The van der Waals surface area contributed by atoms with Crippen molar-refractivity contribution in [3.63, 3.8) is 0 Å². The summed E-state index contributed by atoms with van der Waals surface area (Å²) in [6.07, 6.45) is 8.55. The molecule has 0 bridgehead atoms. The summed E-state index contributed by atoms with van der Waals surface area (Å²) in [6, 6.07) is 0.730. The quantitative estimate of drug-likeness (QED) is 0.571. The van der Waals surface area contributed by atoms with E-state index in [-0.39, 0.29) is 0 Å². The summed E-state index contributed by atoms with van der Waals surface area (Å²) in [7, 11) is 8.03. The second-order valence-corrected chi connectivity index (χ2v) is 7.82. The van der Waals surface area contributed by atoms with Gasteiger partial charge in [-0.25, -0.2) is 0 Å². The molecule has 0 aromatic carbocycles. The fourth-order valence-electron chi connectivity index (χ4n) is 2.73. The minimum atomic E-state index is 0.625. The van der Waals surface area contributed by atoms with Gasteiger partial charge < -0.3 is 10.2 Å². The van der Waals surface area contributed by atoms with Crippen molar-refractivity contribution in [3.8, 4) is 0 Å². The van der Waals surface area contributed by atoms with Crippen molar-refractivity contribution >= 4 is 24.4 Å².